The lowest BCUT2D eigenvalue weighted by atomic mass is 10.2. The summed E-state index contributed by atoms with van der Waals surface area (Å²) in [6.45, 7) is 8.15. The van der Waals surface area contributed by atoms with Crippen LogP contribution in [0.3, 0.4) is 0 Å². The largest absolute Gasteiger partial charge is 0.358 e. The molecule has 1 aliphatic heterocycles. The van der Waals surface area contributed by atoms with Gasteiger partial charge in [-0.05, 0) is 39.2 Å². The normalized spacial score (nSPS) is 16.4. The molecule has 0 spiro atoms. The zero-order valence-electron chi connectivity index (χ0n) is 12.9. The molecule has 0 aliphatic carbocycles. The minimum atomic E-state index is -0.0404. The third kappa shape index (κ3) is 2.94. The van der Waals surface area contributed by atoms with Crippen molar-refractivity contribution in [3.63, 3.8) is 0 Å². The van der Waals surface area contributed by atoms with Crippen LogP contribution >= 0.6 is 35.3 Å². The Morgan fingerprint density at radius 3 is 2.77 bits per heavy atom. The molecule has 1 aliphatic rings. The number of fused-ring (bicyclic) bond motifs is 1. The van der Waals surface area contributed by atoms with Crippen LogP contribution < -0.4 is 5.56 Å². The van der Waals surface area contributed by atoms with Crippen LogP contribution in [0, 0.1) is 13.8 Å². The molecular weight excluding hydrogens is 334 g/mol. The Bertz CT molecular complexity index is 774. The van der Waals surface area contributed by atoms with Gasteiger partial charge >= 0.3 is 0 Å². The Hall–Kier alpha value is -0.920. The molecule has 7 heteroatoms. The fourth-order valence-electron chi connectivity index (χ4n) is 2.65. The van der Waals surface area contributed by atoms with Crippen LogP contribution in [0.2, 0.25) is 0 Å². The minimum absolute atomic E-state index is 0.0404. The molecule has 0 radical (unpaired) electrons. The van der Waals surface area contributed by atoms with Gasteiger partial charge in [0, 0.05) is 18.0 Å². The third-order valence-corrected chi connectivity index (χ3v) is 6.77. The van der Waals surface area contributed by atoms with Gasteiger partial charge < -0.3 is 9.88 Å². The summed E-state index contributed by atoms with van der Waals surface area (Å²) in [5.41, 5.74) is 0.995. The summed E-state index contributed by atoms with van der Waals surface area (Å²) in [4.78, 5) is 24.2. The molecule has 0 aromatic carbocycles. The predicted molar refractivity (Wildman–Crippen MR) is 99.1 cm³/mol. The lowest BCUT2D eigenvalue weighted by Crippen LogP contribution is -2.24. The summed E-state index contributed by atoms with van der Waals surface area (Å²) < 4.78 is 0.909. The molecule has 1 fully saturated rings. The Morgan fingerprint density at radius 1 is 1.41 bits per heavy atom. The van der Waals surface area contributed by atoms with E-state index in [0.717, 1.165) is 38.1 Å². The van der Waals surface area contributed by atoms with Crippen molar-refractivity contribution in [1.29, 1.82) is 0 Å². The quantitative estimate of drug-likeness (QED) is 0.833. The number of thioether (sulfide) groups is 1. The number of thiophene rings is 1. The van der Waals surface area contributed by atoms with E-state index in [4.69, 9.17) is 12.2 Å². The predicted octanol–water partition coefficient (Wildman–Crippen LogP) is 3.78. The second-order valence-electron chi connectivity index (χ2n) is 5.63. The molecule has 1 saturated heterocycles. The van der Waals surface area contributed by atoms with Gasteiger partial charge in [0.1, 0.15) is 15.0 Å². The zero-order valence-corrected chi connectivity index (χ0v) is 15.4. The van der Waals surface area contributed by atoms with Gasteiger partial charge in [0.15, 0.2) is 0 Å². The van der Waals surface area contributed by atoms with Gasteiger partial charge in [-0.2, -0.15) is 0 Å². The summed E-state index contributed by atoms with van der Waals surface area (Å²) in [6, 6.07) is 0. The van der Waals surface area contributed by atoms with Crippen molar-refractivity contribution in [2.24, 2.45) is 0 Å². The number of rotatable bonds is 2. The molecule has 3 heterocycles. The van der Waals surface area contributed by atoms with Crippen LogP contribution in [0.1, 0.15) is 41.3 Å². The average Bonchev–Trinajstić information content (AvgIpc) is 3.08. The molecule has 118 valence electrons. The first-order valence-corrected chi connectivity index (χ1v) is 9.53. The number of likely N-dealkylation sites (tertiary alicyclic amines) is 1. The average molecular weight is 354 g/mol. The molecule has 2 aromatic heterocycles. The van der Waals surface area contributed by atoms with E-state index >= 15 is 0 Å². The van der Waals surface area contributed by atoms with E-state index in [1.165, 1.54) is 12.8 Å². The first-order chi connectivity index (χ1) is 10.5. The van der Waals surface area contributed by atoms with E-state index in [9.17, 15) is 4.79 Å². The fourth-order valence-corrected chi connectivity index (χ4v) is 5.16. The summed E-state index contributed by atoms with van der Waals surface area (Å²) in [5.74, 6) is 0.713. The molecule has 4 nitrogen and oxygen atoms in total. The van der Waals surface area contributed by atoms with Crippen LogP contribution in [-0.2, 0) is 0 Å². The molecule has 1 N–H and O–H groups in total. The number of aromatic nitrogens is 2. The van der Waals surface area contributed by atoms with Gasteiger partial charge in [-0.25, -0.2) is 4.98 Å². The highest BCUT2D eigenvalue weighted by Gasteiger charge is 2.21. The van der Waals surface area contributed by atoms with E-state index in [0.29, 0.717) is 5.82 Å². The summed E-state index contributed by atoms with van der Waals surface area (Å²) >= 11 is 8.71. The highest BCUT2D eigenvalue weighted by molar-refractivity contribution is 8.23. The number of nitrogens with one attached hydrogen (secondary N) is 1. The van der Waals surface area contributed by atoms with Crippen molar-refractivity contribution in [3.8, 4) is 0 Å². The maximum Gasteiger partial charge on any atom is 0.259 e. The molecule has 2 aromatic rings. The molecule has 1 atom stereocenters. The summed E-state index contributed by atoms with van der Waals surface area (Å²) in [6.07, 6.45) is 2.42. The Balaban J connectivity index is 1.86. The minimum Gasteiger partial charge on any atom is -0.358 e. The summed E-state index contributed by atoms with van der Waals surface area (Å²) in [7, 11) is 0. The molecule has 0 bridgehead atoms. The topological polar surface area (TPSA) is 49.0 Å². The molecule has 0 unspecified atom stereocenters. The van der Waals surface area contributed by atoms with E-state index < -0.39 is 0 Å². The maximum atomic E-state index is 12.3. The SMILES string of the molecule is Cc1sc2nc([C@@H](C)SC(=S)N3CCCC3)[nH]c(=O)c2c1C. The number of H-pyrrole nitrogens is 1. The molecule has 0 saturated carbocycles. The number of aryl methyl sites for hydroxylation is 2. The van der Waals surface area contributed by atoms with Crippen LogP contribution in [0.15, 0.2) is 4.79 Å². The highest BCUT2D eigenvalue weighted by Crippen LogP contribution is 2.32. The Kier molecular flexibility index (Phi) is 4.56. The van der Waals surface area contributed by atoms with E-state index in [1.54, 1.807) is 23.1 Å². The second kappa shape index (κ2) is 6.29. The standard InChI is InChI=1S/C15H19N3OS3/c1-8-9(2)21-14-11(8)13(19)16-12(17-14)10(3)22-15(20)18-6-4-5-7-18/h10H,4-7H2,1-3H3,(H,16,17,19)/t10-/m1/s1. The first kappa shape index (κ1) is 16.0. The molecule has 22 heavy (non-hydrogen) atoms. The first-order valence-electron chi connectivity index (χ1n) is 7.43. The van der Waals surface area contributed by atoms with E-state index in [2.05, 4.69) is 14.9 Å². The van der Waals surface area contributed by atoms with E-state index in [-0.39, 0.29) is 10.8 Å². The van der Waals surface area contributed by atoms with Crippen molar-refractivity contribution in [3.05, 3.63) is 26.6 Å². The van der Waals surface area contributed by atoms with Crippen LogP contribution in [-0.4, -0.2) is 32.3 Å². The lowest BCUT2D eigenvalue weighted by Gasteiger charge is -2.20. The van der Waals surface area contributed by atoms with Crippen LogP contribution in [0.5, 0.6) is 0 Å². The lowest BCUT2D eigenvalue weighted by molar-refractivity contribution is 0.539. The number of hydrogen-bond donors (Lipinski definition) is 1. The highest BCUT2D eigenvalue weighted by atomic mass is 32.2. The number of nitrogens with zero attached hydrogens (tertiary/aromatic N) is 2. The second-order valence-corrected chi connectivity index (χ2v) is 8.81. The van der Waals surface area contributed by atoms with E-state index in [1.807, 2.05) is 20.8 Å². The number of aromatic amines is 1. The molecule has 0 amide bonds. The Labute approximate surface area is 143 Å². The van der Waals surface area contributed by atoms with Gasteiger partial charge in [0.25, 0.3) is 5.56 Å². The van der Waals surface area contributed by atoms with Gasteiger partial charge in [0.2, 0.25) is 0 Å². The van der Waals surface area contributed by atoms with Crippen molar-refractivity contribution < 1.29 is 0 Å². The van der Waals surface area contributed by atoms with Crippen LogP contribution in [0.25, 0.3) is 10.2 Å². The van der Waals surface area contributed by atoms with Gasteiger partial charge in [-0.1, -0.05) is 24.0 Å². The third-order valence-electron chi connectivity index (χ3n) is 4.08. The van der Waals surface area contributed by atoms with Gasteiger partial charge in [-0.15, -0.1) is 11.3 Å². The van der Waals surface area contributed by atoms with Crippen molar-refractivity contribution in [2.45, 2.75) is 38.9 Å². The van der Waals surface area contributed by atoms with Crippen molar-refractivity contribution >= 4 is 49.9 Å². The molecule has 3 rings (SSSR count). The smallest absolute Gasteiger partial charge is 0.259 e. The number of thiocarbonyl (C=S) groups is 1. The maximum absolute atomic E-state index is 12.3. The number of hydrogen-bond acceptors (Lipinski definition) is 5. The monoisotopic (exact) mass is 353 g/mol. The summed E-state index contributed by atoms with van der Waals surface area (Å²) in [5, 5.41) is 0.776. The van der Waals surface area contributed by atoms with Crippen molar-refractivity contribution in [2.75, 3.05) is 13.1 Å². The molecular formula is C15H19N3OS3. The van der Waals surface area contributed by atoms with Gasteiger partial charge in [0.05, 0.1) is 10.6 Å². The van der Waals surface area contributed by atoms with Crippen LogP contribution in [0.4, 0.5) is 0 Å². The van der Waals surface area contributed by atoms with Crippen molar-refractivity contribution in [1.82, 2.24) is 14.9 Å². The zero-order chi connectivity index (χ0) is 15.9. The fraction of sp³-hybridized carbons (Fsp3) is 0.533. The van der Waals surface area contributed by atoms with Gasteiger partial charge in [-0.3, -0.25) is 4.79 Å². The Morgan fingerprint density at radius 2 is 2.09 bits per heavy atom.